The SMILES string of the molecule is CN1CCC(Cn2cc(C(N)=O)cn2)CC1.COc1ccc2cc(-c3nn(CC4CCN(C)CC4)c(N)c3C(N)=O)ccc2c1. The minimum atomic E-state index is -0.554. The fourth-order valence-corrected chi connectivity index (χ4v) is 6.15. The first kappa shape index (κ1) is 32.0. The topological polar surface area (TPSA) is 164 Å². The van der Waals surface area contributed by atoms with E-state index < -0.39 is 11.8 Å². The van der Waals surface area contributed by atoms with E-state index in [1.165, 1.54) is 19.0 Å². The van der Waals surface area contributed by atoms with Crippen molar-refractivity contribution in [2.24, 2.45) is 23.3 Å². The lowest BCUT2D eigenvalue weighted by Crippen LogP contribution is -2.32. The molecule has 2 saturated heterocycles. The first-order valence-corrected chi connectivity index (χ1v) is 15.5. The van der Waals surface area contributed by atoms with E-state index in [1.54, 1.807) is 18.0 Å². The number of ether oxygens (including phenoxy) is 1. The van der Waals surface area contributed by atoms with Crippen LogP contribution in [0, 0.1) is 11.8 Å². The highest BCUT2D eigenvalue weighted by Crippen LogP contribution is 2.32. The van der Waals surface area contributed by atoms with Gasteiger partial charge in [-0.1, -0.05) is 18.2 Å². The zero-order valence-corrected chi connectivity index (χ0v) is 26.5. The average Bonchev–Trinajstić information content (AvgIpc) is 3.63. The fourth-order valence-electron chi connectivity index (χ4n) is 6.15. The Balaban J connectivity index is 0.000000211. The maximum atomic E-state index is 12.2. The third-order valence-corrected chi connectivity index (χ3v) is 9.03. The molecule has 12 nitrogen and oxygen atoms in total. The van der Waals surface area contributed by atoms with Crippen molar-refractivity contribution in [3.8, 4) is 17.0 Å². The molecule has 2 aromatic heterocycles. The zero-order chi connectivity index (χ0) is 32.1. The van der Waals surface area contributed by atoms with Gasteiger partial charge in [-0.05, 0) is 107 Å². The number of amides is 2. The van der Waals surface area contributed by atoms with Gasteiger partial charge in [-0.15, -0.1) is 0 Å². The van der Waals surface area contributed by atoms with Crippen LogP contribution in [0.5, 0.6) is 5.75 Å². The number of piperidine rings is 2. The number of fused-ring (bicyclic) bond motifs is 1. The van der Waals surface area contributed by atoms with E-state index in [4.69, 9.17) is 27.0 Å². The van der Waals surface area contributed by atoms with Crippen molar-refractivity contribution in [1.29, 1.82) is 0 Å². The standard InChI is InChI=1S/C22H27N5O2.C11H18N4O/c1-26-9-7-14(8-10-26)13-27-21(23)19(22(24)28)20(25-27)17-4-3-16-12-18(29-2)6-5-15(16)11-17;1-14-4-2-9(3-5-14)7-15-8-10(6-13-15)11(12)16/h3-6,11-12,14H,7-10,13,23H2,1-2H3,(H2,24,28);6,8-9H,2-5,7H2,1H3,(H2,12,16). The van der Waals surface area contributed by atoms with Gasteiger partial charge in [-0.3, -0.25) is 14.3 Å². The number of benzene rings is 2. The maximum Gasteiger partial charge on any atom is 0.254 e. The number of nitrogen functional groups attached to an aromatic ring is 1. The first-order chi connectivity index (χ1) is 21.6. The van der Waals surface area contributed by atoms with Gasteiger partial charge in [0.05, 0.1) is 18.9 Å². The fraction of sp³-hybridized carbons (Fsp3) is 0.455. The molecule has 0 aliphatic carbocycles. The van der Waals surface area contributed by atoms with Crippen molar-refractivity contribution in [2.45, 2.75) is 38.8 Å². The Hall–Kier alpha value is -4.42. The van der Waals surface area contributed by atoms with Crippen LogP contribution in [0.1, 0.15) is 46.4 Å². The van der Waals surface area contributed by atoms with Crippen molar-refractivity contribution < 1.29 is 14.3 Å². The Labute approximate surface area is 264 Å². The highest BCUT2D eigenvalue weighted by atomic mass is 16.5. The van der Waals surface area contributed by atoms with Crippen molar-refractivity contribution >= 4 is 28.4 Å². The summed E-state index contributed by atoms with van der Waals surface area (Å²) in [4.78, 5) is 27.8. The lowest BCUT2D eigenvalue weighted by atomic mass is 9.97. The molecule has 0 saturated carbocycles. The lowest BCUT2D eigenvalue weighted by molar-refractivity contribution is 0.0992. The third kappa shape index (κ3) is 7.81. The quantitative estimate of drug-likeness (QED) is 0.272. The number of anilines is 1. The molecule has 4 heterocycles. The minimum Gasteiger partial charge on any atom is -0.497 e. The van der Waals surface area contributed by atoms with E-state index in [0.717, 1.165) is 67.7 Å². The number of aromatic nitrogens is 4. The Morgan fingerprint density at radius 2 is 1.47 bits per heavy atom. The normalized spacial score (nSPS) is 16.8. The molecule has 2 aliphatic rings. The highest BCUT2D eigenvalue weighted by Gasteiger charge is 2.25. The molecule has 6 rings (SSSR count). The number of nitrogens with two attached hydrogens (primary N) is 3. The number of hydrogen-bond donors (Lipinski definition) is 3. The average molecular weight is 616 g/mol. The second kappa shape index (κ2) is 14.1. The van der Waals surface area contributed by atoms with Crippen LogP contribution >= 0.6 is 0 Å². The molecule has 0 unspecified atom stereocenters. The van der Waals surface area contributed by atoms with Crippen LogP contribution < -0.4 is 21.9 Å². The van der Waals surface area contributed by atoms with Crippen LogP contribution in [0.2, 0.25) is 0 Å². The van der Waals surface area contributed by atoms with Gasteiger partial charge < -0.3 is 31.7 Å². The van der Waals surface area contributed by atoms with Gasteiger partial charge in [0.15, 0.2) is 0 Å². The zero-order valence-electron chi connectivity index (χ0n) is 26.5. The van der Waals surface area contributed by atoms with Gasteiger partial charge in [-0.2, -0.15) is 10.2 Å². The minimum absolute atomic E-state index is 0.297. The molecular formula is C33H45N9O3. The smallest absolute Gasteiger partial charge is 0.254 e. The maximum absolute atomic E-state index is 12.2. The molecule has 2 aromatic carbocycles. The number of rotatable bonds is 8. The summed E-state index contributed by atoms with van der Waals surface area (Å²) in [7, 11) is 5.93. The van der Waals surface area contributed by atoms with Gasteiger partial charge in [0, 0.05) is 24.8 Å². The summed E-state index contributed by atoms with van der Waals surface area (Å²) in [5, 5.41) is 10.9. The van der Waals surface area contributed by atoms with E-state index >= 15 is 0 Å². The van der Waals surface area contributed by atoms with E-state index in [1.807, 2.05) is 41.1 Å². The van der Waals surface area contributed by atoms with Crippen LogP contribution in [0.15, 0.2) is 48.8 Å². The third-order valence-electron chi connectivity index (χ3n) is 9.03. The van der Waals surface area contributed by atoms with Crippen LogP contribution in [-0.2, 0) is 13.1 Å². The van der Waals surface area contributed by atoms with Gasteiger partial charge in [0.2, 0.25) is 0 Å². The molecule has 2 fully saturated rings. The van der Waals surface area contributed by atoms with Crippen molar-refractivity contribution in [2.75, 3.05) is 53.1 Å². The molecule has 0 spiro atoms. The monoisotopic (exact) mass is 615 g/mol. The molecular weight excluding hydrogens is 570 g/mol. The van der Waals surface area contributed by atoms with E-state index in [0.29, 0.717) is 41.0 Å². The van der Waals surface area contributed by atoms with Crippen molar-refractivity contribution in [1.82, 2.24) is 29.4 Å². The number of likely N-dealkylation sites (tertiary alicyclic amines) is 2. The molecule has 2 amide bonds. The molecule has 240 valence electrons. The molecule has 0 atom stereocenters. The summed E-state index contributed by atoms with van der Waals surface area (Å²) in [6.45, 7) is 6.01. The van der Waals surface area contributed by atoms with Crippen LogP contribution in [0.4, 0.5) is 5.82 Å². The summed E-state index contributed by atoms with van der Waals surface area (Å²) >= 11 is 0. The van der Waals surface area contributed by atoms with Crippen LogP contribution in [0.25, 0.3) is 22.0 Å². The number of nitrogens with zero attached hydrogens (tertiary/aromatic N) is 6. The van der Waals surface area contributed by atoms with Crippen LogP contribution in [0.3, 0.4) is 0 Å². The molecule has 12 heteroatoms. The first-order valence-electron chi connectivity index (χ1n) is 15.5. The number of hydrogen-bond acceptors (Lipinski definition) is 8. The molecule has 0 radical (unpaired) electrons. The predicted molar refractivity (Wildman–Crippen MR) is 176 cm³/mol. The Bertz CT molecular complexity index is 1630. The summed E-state index contributed by atoms with van der Waals surface area (Å²) < 4.78 is 8.87. The highest BCUT2D eigenvalue weighted by molar-refractivity contribution is 6.04. The number of methoxy groups -OCH3 is 1. The second-order valence-corrected chi connectivity index (χ2v) is 12.4. The van der Waals surface area contributed by atoms with Gasteiger partial charge in [-0.25, -0.2) is 4.68 Å². The van der Waals surface area contributed by atoms with Gasteiger partial charge in [0.25, 0.3) is 11.8 Å². The van der Waals surface area contributed by atoms with Crippen molar-refractivity contribution in [3.63, 3.8) is 0 Å². The molecule has 4 aromatic rings. The lowest BCUT2D eigenvalue weighted by Gasteiger charge is -2.28. The largest absolute Gasteiger partial charge is 0.497 e. The number of primary amides is 2. The van der Waals surface area contributed by atoms with E-state index in [2.05, 4.69) is 29.0 Å². The van der Waals surface area contributed by atoms with Gasteiger partial charge >= 0.3 is 0 Å². The Morgan fingerprint density at radius 1 is 0.867 bits per heavy atom. The van der Waals surface area contributed by atoms with Gasteiger partial charge in [0.1, 0.15) is 22.8 Å². The summed E-state index contributed by atoms with van der Waals surface area (Å²) in [6, 6.07) is 11.8. The second-order valence-electron chi connectivity index (χ2n) is 12.4. The number of carbonyl (C=O) groups is 2. The summed E-state index contributed by atoms with van der Waals surface area (Å²) in [5.74, 6) is 1.34. The van der Waals surface area contributed by atoms with Crippen molar-refractivity contribution in [3.05, 3.63) is 59.9 Å². The molecule has 6 N–H and O–H groups in total. The Kier molecular flexibility index (Phi) is 10.0. The molecule has 0 bridgehead atoms. The molecule has 2 aliphatic heterocycles. The number of carbonyl (C=O) groups excluding carboxylic acids is 2. The summed E-state index contributed by atoms with van der Waals surface area (Å²) in [6.07, 6.45) is 7.85. The van der Waals surface area contributed by atoms with E-state index in [9.17, 15) is 9.59 Å². The predicted octanol–water partition coefficient (Wildman–Crippen LogP) is 3.06. The summed E-state index contributed by atoms with van der Waals surface area (Å²) in [5.41, 5.74) is 19.3. The van der Waals surface area contributed by atoms with E-state index in [-0.39, 0.29) is 0 Å². The molecule has 45 heavy (non-hydrogen) atoms. The van der Waals surface area contributed by atoms with Crippen LogP contribution in [-0.4, -0.2) is 88.6 Å². The Morgan fingerprint density at radius 3 is 2.04 bits per heavy atom.